The van der Waals surface area contributed by atoms with Gasteiger partial charge >= 0.3 is 6.01 Å². The summed E-state index contributed by atoms with van der Waals surface area (Å²) in [5, 5.41) is 5.12. The number of furan rings is 1. The van der Waals surface area contributed by atoms with Crippen molar-refractivity contribution in [3.05, 3.63) is 65.9 Å². The Morgan fingerprint density at radius 1 is 1.04 bits per heavy atom. The number of oxazole rings is 1. The number of carbonyl (C=O) groups excluding carboxylic acids is 2. The minimum atomic E-state index is -0.510. The zero-order valence-electron chi connectivity index (χ0n) is 12.9. The highest BCUT2D eigenvalue weighted by Crippen LogP contribution is 2.14. The first-order valence-corrected chi connectivity index (χ1v) is 7.36. The first-order chi connectivity index (χ1) is 11.7. The van der Waals surface area contributed by atoms with Gasteiger partial charge in [-0.05, 0) is 36.2 Å². The summed E-state index contributed by atoms with van der Waals surface area (Å²) in [5.74, 6) is -0.819. The molecule has 0 saturated heterocycles. The zero-order chi connectivity index (χ0) is 16.9. The maximum Gasteiger partial charge on any atom is 0.302 e. The molecule has 0 aliphatic carbocycles. The Hall–Kier alpha value is -3.35. The molecule has 122 valence electrons. The quantitative estimate of drug-likeness (QED) is 0.750. The van der Waals surface area contributed by atoms with Crippen molar-refractivity contribution in [2.45, 2.75) is 13.3 Å². The van der Waals surface area contributed by atoms with Crippen LogP contribution < -0.4 is 10.6 Å². The normalized spacial score (nSPS) is 10.4. The van der Waals surface area contributed by atoms with E-state index in [-0.39, 0.29) is 17.5 Å². The van der Waals surface area contributed by atoms with E-state index in [1.54, 1.807) is 6.07 Å². The van der Waals surface area contributed by atoms with Crippen molar-refractivity contribution in [2.75, 3.05) is 10.6 Å². The van der Waals surface area contributed by atoms with Gasteiger partial charge in [0.25, 0.3) is 11.8 Å². The van der Waals surface area contributed by atoms with Crippen LogP contribution in [0.4, 0.5) is 11.7 Å². The Morgan fingerprint density at radius 2 is 1.83 bits per heavy atom. The van der Waals surface area contributed by atoms with Crippen LogP contribution >= 0.6 is 0 Å². The van der Waals surface area contributed by atoms with Gasteiger partial charge in [-0.25, -0.2) is 0 Å². The molecule has 24 heavy (non-hydrogen) atoms. The average molecular weight is 325 g/mol. The number of hydrogen-bond acceptors (Lipinski definition) is 5. The molecule has 0 fully saturated rings. The van der Waals surface area contributed by atoms with Gasteiger partial charge in [0.15, 0.2) is 11.5 Å². The SMILES string of the molecule is CCc1ccc(NC(=O)c2coc(NC(=O)c3ccco3)n2)cc1. The van der Waals surface area contributed by atoms with Crippen LogP contribution in [0.1, 0.15) is 33.5 Å². The minimum Gasteiger partial charge on any atom is -0.459 e. The van der Waals surface area contributed by atoms with Crippen LogP contribution in [-0.4, -0.2) is 16.8 Å². The molecule has 0 saturated carbocycles. The predicted molar refractivity (Wildman–Crippen MR) is 86.9 cm³/mol. The van der Waals surface area contributed by atoms with Gasteiger partial charge in [-0.1, -0.05) is 19.1 Å². The van der Waals surface area contributed by atoms with Gasteiger partial charge in [0, 0.05) is 5.69 Å². The first kappa shape index (κ1) is 15.5. The van der Waals surface area contributed by atoms with Crippen molar-refractivity contribution in [3.63, 3.8) is 0 Å². The van der Waals surface area contributed by atoms with E-state index in [9.17, 15) is 9.59 Å². The molecular weight excluding hydrogens is 310 g/mol. The number of amides is 2. The minimum absolute atomic E-state index is 0.0595. The third-order valence-electron chi connectivity index (χ3n) is 3.32. The Balaban J connectivity index is 1.63. The monoisotopic (exact) mass is 325 g/mol. The van der Waals surface area contributed by atoms with Crippen LogP contribution in [0.25, 0.3) is 0 Å². The van der Waals surface area contributed by atoms with Gasteiger partial charge in [0.1, 0.15) is 6.26 Å². The highest BCUT2D eigenvalue weighted by atomic mass is 16.4. The molecule has 3 rings (SSSR count). The lowest BCUT2D eigenvalue weighted by atomic mass is 10.1. The van der Waals surface area contributed by atoms with Crippen molar-refractivity contribution in [1.82, 2.24) is 4.98 Å². The highest BCUT2D eigenvalue weighted by molar-refractivity contribution is 6.04. The zero-order valence-corrected chi connectivity index (χ0v) is 12.9. The van der Waals surface area contributed by atoms with E-state index < -0.39 is 11.8 Å². The number of anilines is 2. The fraction of sp³-hybridized carbons (Fsp3) is 0.118. The molecule has 7 heteroatoms. The number of hydrogen-bond donors (Lipinski definition) is 2. The molecule has 0 unspecified atom stereocenters. The summed E-state index contributed by atoms with van der Waals surface area (Å²) >= 11 is 0. The van der Waals surface area contributed by atoms with Gasteiger partial charge in [-0.15, -0.1) is 0 Å². The van der Waals surface area contributed by atoms with Crippen LogP contribution in [-0.2, 0) is 6.42 Å². The van der Waals surface area contributed by atoms with Gasteiger partial charge in [0.2, 0.25) is 0 Å². The van der Waals surface area contributed by atoms with E-state index in [4.69, 9.17) is 8.83 Å². The van der Waals surface area contributed by atoms with Gasteiger partial charge < -0.3 is 14.2 Å². The van der Waals surface area contributed by atoms with E-state index in [0.29, 0.717) is 5.69 Å². The van der Waals surface area contributed by atoms with Gasteiger partial charge in [-0.2, -0.15) is 4.98 Å². The molecule has 0 radical (unpaired) electrons. The summed E-state index contributed by atoms with van der Waals surface area (Å²) in [5.41, 5.74) is 1.89. The molecule has 0 aliphatic heterocycles. The maximum atomic E-state index is 12.1. The molecule has 2 amide bonds. The lowest BCUT2D eigenvalue weighted by molar-refractivity contribution is 0.0990. The molecule has 7 nitrogen and oxygen atoms in total. The van der Waals surface area contributed by atoms with Crippen molar-refractivity contribution < 1.29 is 18.4 Å². The van der Waals surface area contributed by atoms with E-state index >= 15 is 0 Å². The molecule has 2 heterocycles. The Labute approximate surface area is 137 Å². The van der Waals surface area contributed by atoms with Crippen LogP contribution in [0.5, 0.6) is 0 Å². The van der Waals surface area contributed by atoms with E-state index in [1.807, 2.05) is 24.3 Å². The van der Waals surface area contributed by atoms with Crippen molar-refractivity contribution >= 4 is 23.5 Å². The lowest BCUT2D eigenvalue weighted by Gasteiger charge is -2.03. The summed E-state index contributed by atoms with van der Waals surface area (Å²) in [6, 6.07) is 10.5. The number of carbonyl (C=O) groups is 2. The first-order valence-electron chi connectivity index (χ1n) is 7.36. The smallest absolute Gasteiger partial charge is 0.302 e. The summed E-state index contributed by atoms with van der Waals surface area (Å²) in [6.07, 6.45) is 3.48. The maximum absolute atomic E-state index is 12.1. The summed E-state index contributed by atoms with van der Waals surface area (Å²) in [7, 11) is 0. The number of benzene rings is 1. The number of rotatable bonds is 5. The second-order valence-corrected chi connectivity index (χ2v) is 4.97. The molecule has 0 bridgehead atoms. The number of nitrogens with one attached hydrogen (secondary N) is 2. The van der Waals surface area contributed by atoms with Gasteiger partial charge in [-0.3, -0.25) is 14.9 Å². The van der Waals surface area contributed by atoms with Crippen molar-refractivity contribution in [1.29, 1.82) is 0 Å². The largest absolute Gasteiger partial charge is 0.459 e. The topological polar surface area (TPSA) is 97.4 Å². The third kappa shape index (κ3) is 3.52. The molecule has 2 aromatic heterocycles. The van der Waals surface area contributed by atoms with Crippen molar-refractivity contribution in [3.8, 4) is 0 Å². The van der Waals surface area contributed by atoms with Crippen molar-refractivity contribution in [2.24, 2.45) is 0 Å². The van der Waals surface area contributed by atoms with Crippen LogP contribution in [0.15, 0.2) is 57.8 Å². The lowest BCUT2D eigenvalue weighted by Crippen LogP contribution is -2.14. The predicted octanol–water partition coefficient (Wildman–Crippen LogP) is 3.33. The second-order valence-electron chi connectivity index (χ2n) is 4.97. The van der Waals surface area contributed by atoms with Crippen LogP contribution in [0.2, 0.25) is 0 Å². The number of aromatic nitrogens is 1. The number of nitrogens with zero attached hydrogens (tertiary/aromatic N) is 1. The Bertz CT molecular complexity index is 835. The molecule has 0 atom stereocenters. The molecular formula is C17H15N3O4. The highest BCUT2D eigenvalue weighted by Gasteiger charge is 2.16. The molecule has 0 aliphatic rings. The standard InChI is InChI=1S/C17H15N3O4/c1-2-11-5-7-12(8-6-11)18-15(21)13-10-24-17(19-13)20-16(22)14-4-3-9-23-14/h3-10H,2H2,1H3,(H,18,21)(H,19,20,22). The molecule has 2 N–H and O–H groups in total. The average Bonchev–Trinajstić information content (AvgIpc) is 3.27. The fourth-order valence-electron chi connectivity index (χ4n) is 2.02. The Morgan fingerprint density at radius 3 is 2.50 bits per heavy atom. The third-order valence-corrected chi connectivity index (χ3v) is 3.32. The molecule has 3 aromatic rings. The second kappa shape index (κ2) is 6.82. The summed E-state index contributed by atoms with van der Waals surface area (Å²) in [6.45, 7) is 2.06. The summed E-state index contributed by atoms with van der Waals surface area (Å²) < 4.78 is 10.0. The van der Waals surface area contributed by atoms with Gasteiger partial charge in [0.05, 0.1) is 6.26 Å². The summed E-state index contributed by atoms with van der Waals surface area (Å²) in [4.78, 5) is 27.9. The van der Waals surface area contributed by atoms with E-state index in [2.05, 4.69) is 22.5 Å². The molecule has 1 aromatic carbocycles. The van der Waals surface area contributed by atoms with E-state index in [1.165, 1.54) is 24.2 Å². The number of aryl methyl sites for hydroxylation is 1. The van der Waals surface area contributed by atoms with Crippen LogP contribution in [0, 0.1) is 0 Å². The van der Waals surface area contributed by atoms with E-state index in [0.717, 1.165) is 6.42 Å². The van der Waals surface area contributed by atoms with Crippen LogP contribution in [0.3, 0.4) is 0 Å². The fourth-order valence-corrected chi connectivity index (χ4v) is 2.02. The molecule has 0 spiro atoms. The Kier molecular flexibility index (Phi) is 4.42.